The minimum Gasteiger partial charge on any atom is -0.466 e. The molecule has 0 bridgehead atoms. The van der Waals surface area contributed by atoms with Crippen LogP contribution in [0.4, 0.5) is 11.8 Å². The third-order valence-corrected chi connectivity index (χ3v) is 5.52. The Morgan fingerprint density at radius 3 is 2.96 bits per heavy atom. The van der Waals surface area contributed by atoms with E-state index in [-0.39, 0.29) is 5.91 Å². The van der Waals surface area contributed by atoms with E-state index in [9.17, 15) is 4.79 Å². The topological polar surface area (TPSA) is 88.5 Å². The van der Waals surface area contributed by atoms with Gasteiger partial charge in [-0.2, -0.15) is 4.98 Å². The summed E-state index contributed by atoms with van der Waals surface area (Å²) in [5.41, 5.74) is 5.72. The van der Waals surface area contributed by atoms with Crippen LogP contribution in [0.25, 0.3) is 0 Å². The number of rotatable bonds is 4. The molecule has 138 valence electrons. The summed E-state index contributed by atoms with van der Waals surface area (Å²) in [7, 11) is 0. The molecule has 1 amide bonds. The van der Waals surface area contributed by atoms with Gasteiger partial charge < -0.3 is 20.0 Å². The van der Waals surface area contributed by atoms with Crippen LogP contribution in [0.15, 0.2) is 28.8 Å². The van der Waals surface area contributed by atoms with Gasteiger partial charge in [0, 0.05) is 44.7 Å². The normalized spacial score (nSPS) is 23.2. The van der Waals surface area contributed by atoms with E-state index >= 15 is 0 Å². The largest absolute Gasteiger partial charge is 0.466 e. The first-order valence-corrected chi connectivity index (χ1v) is 9.28. The van der Waals surface area contributed by atoms with Crippen molar-refractivity contribution in [1.29, 1.82) is 0 Å². The number of carbonyl (C=O) groups excluding carboxylic acids is 1. The monoisotopic (exact) mass is 355 g/mol. The maximum atomic E-state index is 12.5. The smallest absolute Gasteiger partial charge is 0.222 e. The van der Waals surface area contributed by atoms with Crippen molar-refractivity contribution < 1.29 is 9.21 Å². The fourth-order valence-corrected chi connectivity index (χ4v) is 4.24. The summed E-state index contributed by atoms with van der Waals surface area (Å²) in [5.74, 6) is 3.79. The number of furan rings is 1. The molecule has 0 aliphatic carbocycles. The van der Waals surface area contributed by atoms with Crippen molar-refractivity contribution in [2.75, 3.05) is 30.3 Å². The van der Waals surface area contributed by atoms with E-state index in [2.05, 4.69) is 19.8 Å². The summed E-state index contributed by atoms with van der Waals surface area (Å²) in [6.07, 6.45) is 4.99. The summed E-state index contributed by atoms with van der Waals surface area (Å²) in [6.45, 7) is 4.46. The number of hydrogen-bond donors (Lipinski definition) is 1. The molecule has 26 heavy (non-hydrogen) atoms. The van der Waals surface area contributed by atoms with Crippen LogP contribution in [0.1, 0.15) is 30.8 Å². The van der Waals surface area contributed by atoms with Crippen molar-refractivity contribution in [3.8, 4) is 0 Å². The molecule has 0 spiro atoms. The van der Waals surface area contributed by atoms with Gasteiger partial charge in [0.2, 0.25) is 11.9 Å². The second-order valence-electron chi connectivity index (χ2n) is 7.22. The maximum absolute atomic E-state index is 12.5. The minimum absolute atomic E-state index is 0.272. The minimum atomic E-state index is 0.272. The molecule has 0 radical (unpaired) electrons. The summed E-state index contributed by atoms with van der Waals surface area (Å²) < 4.78 is 5.66. The SMILES string of the molecule is Cc1ccc(CCN2C(=O)CC[C@H]3CN(c4ccnc(N)n4)CC[C@H]32)o1. The Hall–Kier alpha value is -2.57. The van der Waals surface area contributed by atoms with Crippen LogP contribution in [-0.4, -0.2) is 46.5 Å². The second-order valence-corrected chi connectivity index (χ2v) is 7.22. The molecule has 2 saturated heterocycles. The van der Waals surface area contributed by atoms with E-state index in [0.29, 0.717) is 24.3 Å². The van der Waals surface area contributed by atoms with Gasteiger partial charge in [-0.15, -0.1) is 0 Å². The van der Waals surface area contributed by atoms with Gasteiger partial charge >= 0.3 is 0 Å². The van der Waals surface area contributed by atoms with Gasteiger partial charge in [-0.3, -0.25) is 4.79 Å². The molecule has 2 fully saturated rings. The van der Waals surface area contributed by atoms with E-state index in [4.69, 9.17) is 10.2 Å². The van der Waals surface area contributed by atoms with E-state index in [1.807, 2.05) is 25.1 Å². The lowest BCUT2D eigenvalue weighted by Crippen LogP contribution is -2.56. The lowest BCUT2D eigenvalue weighted by molar-refractivity contribution is -0.139. The molecular weight excluding hydrogens is 330 g/mol. The van der Waals surface area contributed by atoms with Crippen molar-refractivity contribution in [2.24, 2.45) is 5.92 Å². The average molecular weight is 355 g/mol. The highest BCUT2D eigenvalue weighted by Gasteiger charge is 2.39. The predicted octanol–water partition coefficient (Wildman–Crippen LogP) is 2.02. The van der Waals surface area contributed by atoms with Crippen LogP contribution < -0.4 is 10.6 Å². The zero-order chi connectivity index (χ0) is 18.1. The van der Waals surface area contributed by atoms with E-state index < -0.39 is 0 Å². The number of nitrogens with two attached hydrogens (primary N) is 1. The highest BCUT2D eigenvalue weighted by molar-refractivity contribution is 5.77. The lowest BCUT2D eigenvalue weighted by Gasteiger charge is -2.47. The molecule has 4 heterocycles. The standard InChI is InChI=1S/C19H25N5O2/c1-13-2-4-15(26-13)7-11-24-16-8-10-23(12-14(16)3-5-18(24)25)17-6-9-21-19(20)22-17/h2,4,6,9,14,16H,3,5,7-8,10-12H2,1H3,(H2,20,21,22)/t14-,16+/m0/s1. The number of nitrogen functional groups attached to an aromatic ring is 1. The van der Waals surface area contributed by atoms with Gasteiger partial charge in [0.25, 0.3) is 0 Å². The third kappa shape index (κ3) is 3.38. The number of fused-ring (bicyclic) bond motifs is 1. The molecule has 2 atom stereocenters. The quantitative estimate of drug-likeness (QED) is 0.903. The Morgan fingerprint density at radius 2 is 2.19 bits per heavy atom. The number of carbonyl (C=O) groups is 1. The Labute approximate surface area is 153 Å². The fraction of sp³-hybridized carbons (Fsp3) is 0.526. The van der Waals surface area contributed by atoms with Gasteiger partial charge in [-0.25, -0.2) is 4.98 Å². The average Bonchev–Trinajstić information content (AvgIpc) is 3.06. The molecule has 2 N–H and O–H groups in total. The van der Waals surface area contributed by atoms with Gasteiger partial charge in [0.1, 0.15) is 17.3 Å². The summed E-state index contributed by atoms with van der Waals surface area (Å²) in [6, 6.07) is 6.19. The van der Waals surface area contributed by atoms with Crippen molar-refractivity contribution in [2.45, 2.75) is 38.6 Å². The van der Waals surface area contributed by atoms with Crippen LogP contribution in [0.3, 0.4) is 0 Å². The van der Waals surface area contributed by atoms with Gasteiger partial charge in [0.05, 0.1) is 0 Å². The van der Waals surface area contributed by atoms with Crippen molar-refractivity contribution >= 4 is 17.7 Å². The lowest BCUT2D eigenvalue weighted by atomic mass is 9.83. The van der Waals surface area contributed by atoms with Crippen molar-refractivity contribution in [3.63, 3.8) is 0 Å². The number of amides is 1. The Balaban J connectivity index is 1.43. The first-order chi connectivity index (χ1) is 12.6. The van der Waals surface area contributed by atoms with Gasteiger partial charge in [0.15, 0.2) is 0 Å². The van der Waals surface area contributed by atoms with Crippen molar-refractivity contribution in [1.82, 2.24) is 14.9 Å². The number of piperidine rings is 2. The molecule has 0 saturated carbocycles. The predicted molar refractivity (Wildman–Crippen MR) is 98.6 cm³/mol. The zero-order valence-electron chi connectivity index (χ0n) is 15.1. The highest BCUT2D eigenvalue weighted by atomic mass is 16.3. The molecule has 0 aromatic carbocycles. The Kier molecular flexibility index (Phi) is 4.53. The Bertz CT molecular complexity index is 790. The molecule has 2 aliphatic heterocycles. The number of aromatic nitrogens is 2. The van der Waals surface area contributed by atoms with Crippen LogP contribution in [0.5, 0.6) is 0 Å². The molecule has 0 unspecified atom stereocenters. The van der Waals surface area contributed by atoms with E-state index in [0.717, 1.165) is 56.2 Å². The number of hydrogen-bond acceptors (Lipinski definition) is 6. The maximum Gasteiger partial charge on any atom is 0.222 e. The van der Waals surface area contributed by atoms with Gasteiger partial charge in [-0.1, -0.05) is 0 Å². The first-order valence-electron chi connectivity index (χ1n) is 9.28. The van der Waals surface area contributed by atoms with Crippen molar-refractivity contribution in [3.05, 3.63) is 35.9 Å². The molecule has 7 heteroatoms. The number of aryl methyl sites for hydroxylation is 1. The summed E-state index contributed by atoms with van der Waals surface area (Å²) in [4.78, 5) is 25.2. The summed E-state index contributed by atoms with van der Waals surface area (Å²) in [5, 5.41) is 0. The second kappa shape index (κ2) is 6.97. The number of likely N-dealkylation sites (tertiary alicyclic amines) is 1. The third-order valence-electron chi connectivity index (χ3n) is 5.52. The van der Waals surface area contributed by atoms with Crippen LogP contribution in [0.2, 0.25) is 0 Å². The Morgan fingerprint density at radius 1 is 1.31 bits per heavy atom. The molecule has 2 aromatic rings. The molecular formula is C19H25N5O2. The number of nitrogens with zero attached hydrogens (tertiary/aromatic N) is 4. The number of anilines is 2. The first kappa shape index (κ1) is 16.9. The van der Waals surface area contributed by atoms with E-state index in [1.165, 1.54) is 0 Å². The zero-order valence-corrected chi connectivity index (χ0v) is 15.1. The van der Waals surface area contributed by atoms with E-state index in [1.54, 1.807) is 6.20 Å². The van der Waals surface area contributed by atoms with Crippen LogP contribution >= 0.6 is 0 Å². The molecule has 2 aliphatic rings. The molecule has 2 aromatic heterocycles. The van der Waals surface area contributed by atoms with Gasteiger partial charge in [-0.05, 0) is 43.9 Å². The highest BCUT2D eigenvalue weighted by Crippen LogP contribution is 2.33. The molecule has 7 nitrogen and oxygen atoms in total. The van der Waals surface area contributed by atoms with Crippen LogP contribution in [0, 0.1) is 12.8 Å². The fourth-order valence-electron chi connectivity index (χ4n) is 4.24. The molecule has 4 rings (SSSR count). The van der Waals surface area contributed by atoms with Crippen LogP contribution in [-0.2, 0) is 11.2 Å². The summed E-state index contributed by atoms with van der Waals surface area (Å²) >= 11 is 0.